The van der Waals surface area contributed by atoms with Gasteiger partial charge in [0.25, 0.3) is 0 Å². The van der Waals surface area contributed by atoms with Gasteiger partial charge in [0.1, 0.15) is 6.61 Å². The minimum atomic E-state index is 0.125. The van der Waals surface area contributed by atoms with Crippen LogP contribution in [0.5, 0.6) is 11.6 Å². The van der Waals surface area contributed by atoms with Crippen LogP contribution in [0.1, 0.15) is 0 Å². The summed E-state index contributed by atoms with van der Waals surface area (Å²) in [7, 11) is 1.61. The van der Waals surface area contributed by atoms with E-state index in [4.69, 9.17) is 9.47 Å². The van der Waals surface area contributed by atoms with E-state index >= 15 is 0 Å². The topological polar surface area (TPSA) is 57.9 Å². The fourth-order valence-corrected chi connectivity index (χ4v) is 2.06. The molecule has 0 saturated carbocycles. The third-order valence-electron chi connectivity index (χ3n) is 3.09. The van der Waals surface area contributed by atoms with Gasteiger partial charge in [-0.3, -0.25) is 4.94 Å². The van der Waals surface area contributed by atoms with Crippen molar-refractivity contribution >= 4 is 5.65 Å². The van der Waals surface area contributed by atoms with Gasteiger partial charge in [-0.1, -0.05) is 12.1 Å². The summed E-state index contributed by atoms with van der Waals surface area (Å²) in [6.45, 7) is 0.886. The van der Waals surface area contributed by atoms with Crippen LogP contribution in [0.25, 0.3) is 16.9 Å². The van der Waals surface area contributed by atoms with Gasteiger partial charge in [-0.25, -0.2) is 9.50 Å². The summed E-state index contributed by atoms with van der Waals surface area (Å²) < 4.78 is 24.4. The third-order valence-corrected chi connectivity index (χ3v) is 3.09. The monoisotopic (exact) mass is 303 g/mol. The second kappa shape index (κ2) is 6.40. The Kier molecular flexibility index (Phi) is 4.15. The number of ether oxygens (including phenoxy) is 2. The molecule has 114 valence electrons. The van der Waals surface area contributed by atoms with Crippen molar-refractivity contribution in [1.29, 1.82) is 0 Å². The van der Waals surface area contributed by atoms with Crippen molar-refractivity contribution in [3.05, 3.63) is 42.6 Å². The minimum Gasteiger partial charge on any atom is -0.474 e. The maximum absolute atomic E-state index is 12.3. The lowest BCUT2D eigenvalue weighted by molar-refractivity contribution is -0.00614. The first-order chi connectivity index (χ1) is 10.8. The molecule has 0 amide bonds. The molecule has 6 nitrogen and oxygen atoms in total. The molecule has 7 heteroatoms. The molecule has 3 aromatic rings. The first-order valence-corrected chi connectivity index (χ1v) is 6.67. The highest BCUT2D eigenvalue weighted by molar-refractivity contribution is 5.64. The molecule has 0 aliphatic rings. The highest BCUT2D eigenvalue weighted by Gasteiger charge is 2.09. The predicted octanol–water partition coefficient (Wildman–Crippen LogP) is 2.68. The summed E-state index contributed by atoms with van der Waals surface area (Å²) >= 11 is 0. The number of fused-ring (bicyclic) bond motifs is 1. The normalized spacial score (nSPS) is 10.8. The Labute approximate surface area is 126 Å². The summed E-state index contributed by atoms with van der Waals surface area (Å²) in [5.74, 6) is 0.585. The van der Waals surface area contributed by atoms with Crippen LogP contribution in [0.15, 0.2) is 42.6 Å². The summed E-state index contributed by atoms with van der Waals surface area (Å²) in [6, 6.07) is 10.2. The van der Waals surface area contributed by atoms with E-state index in [1.807, 2.05) is 6.07 Å². The molecule has 0 aliphatic heterocycles. The molecule has 1 aromatic carbocycles. The zero-order valence-electron chi connectivity index (χ0n) is 11.9. The molecule has 0 saturated heterocycles. The second-order valence-electron chi connectivity index (χ2n) is 4.53. The summed E-state index contributed by atoms with van der Waals surface area (Å²) in [5, 5.41) is 4.38. The summed E-state index contributed by atoms with van der Waals surface area (Å²) in [4.78, 5) is 8.04. The third kappa shape index (κ3) is 2.84. The Balaban J connectivity index is 1.97. The summed E-state index contributed by atoms with van der Waals surface area (Å²) in [5.41, 5.74) is 2.12. The highest BCUT2D eigenvalue weighted by Crippen LogP contribution is 2.25. The molecule has 0 fully saturated rings. The molecular formula is C15H14FN3O3. The average molecular weight is 303 g/mol. The van der Waals surface area contributed by atoms with Gasteiger partial charge in [0, 0.05) is 23.3 Å². The zero-order chi connectivity index (χ0) is 15.4. The molecule has 2 heterocycles. The average Bonchev–Trinajstić information content (AvgIpc) is 2.98. The van der Waals surface area contributed by atoms with Crippen LogP contribution in [-0.2, 0) is 4.74 Å². The number of benzene rings is 1. The van der Waals surface area contributed by atoms with E-state index in [-0.39, 0.29) is 5.75 Å². The lowest BCUT2D eigenvalue weighted by Gasteiger charge is -2.06. The molecule has 0 atom stereocenters. The van der Waals surface area contributed by atoms with Crippen molar-refractivity contribution in [1.82, 2.24) is 14.6 Å². The number of rotatable bonds is 6. The predicted molar refractivity (Wildman–Crippen MR) is 77.5 cm³/mol. The van der Waals surface area contributed by atoms with Gasteiger partial charge in [0.15, 0.2) is 11.4 Å². The standard InChI is InChI=1S/C15H14FN3O3/c1-20-7-8-21-15-6-5-14-17-10-13(19(14)18-15)11-3-2-4-12(9-11)22-16/h2-6,9-10H,7-8H2,1H3. The van der Waals surface area contributed by atoms with E-state index in [1.54, 1.807) is 42.1 Å². The van der Waals surface area contributed by atoms with Gasteiger partial charge < -0.3 is 9.47 Å². The first-order valence-electron chi connectivity index (χ1n) is 6.67. The molecular weight excluding hydrogens is 289 g/mol. The molecule has 2 aromatic heterocycles. The van der Waals surface area contributed by atoms with Crippen LogP contribution in [-0.4, -0.2) is 34.9 Å². The Morgan fingerprint density at radius 1 is 1.18 bits per heavy atom. The Morgan fingerprint density at radius 3 is 2.91 bits per heavy atom. The van der Waals surface area contributed by atoms with Crippen molar-refractivity contribution in [3.63, 3.8) is 0 Å². The lowest BCUT2D eigenvalue weighted by Crippen LogP contribution is -2.07. The highest BCUT2D eigenvalue weighted by atomic mass is 19.3. The van der Waals surface area contributed by atoms with Crippen LogP contribution >= 0.6 is 0 Å². The van der Waals surface area contributed by atoms with Gasteiger partial charge in [-0.2, -0.15) is 0 Å². The maximum atomic E-state index is 12.3. The first kappa shape index (κ1) is 14.3. The Hall–Kier alpha value is -2.67. The number of nitrogens with zero attached hydrogens (tertiary/aromatic N) is 3. The smallest absolute Gasteiger partial charge is 0.231 e. The molecule has 22 heavy (non-hydrogen) atoms. The van der Waals surface area contributed by atoms with Crippen molar-refractivity contribution in [2.24, 2.45) is 0 Å². The molecule has 0 spiro atoms. The largest absolute Gasteiger partial charge is 0.474 e. The zero-order valence-corrected chi connectivity index (χ0v) is 11.9. The van der Waals surface area contributed by atoms with Crippen molar-refractivity contribution < 1.29 is 18.9 Å². The molecule has 0 N–H and O–H groups in total. The molecule has 0 aliphatic carbocycles. The van der Waals surface area contributed by atoms with Gasteiger partial charge in [-0.15, -0.1) is 5.10 Å². The maximum Gasteiger partial charge on any atom is 0.231 e. The Bertz CT molecular complexity index is 776. The van der Waals surface area contributed by atoms with E-state index in [1.165, 1.54) is 6.07 Å². The van der Waals surface area contributed by atoms with E-state index in [0.29, 0.717) is 30.4 Å². The van der Waals surface area contributed by atoms with E-state index in [9.17, 15) is 4.53 Å². The van der Waals surface area contributed by atoms with Crippen molar-refractivity contribution in [2.75, 3.05) is 20.3 Å². The second-order valence-corrected chi connectivity index (χ2v) is 4.53. The molecule has 0 unspecified atom stereocenters. The number of imidazole rings is 1. The number of methoxy groups -OCH3 is 1. The molecule has 3 rings (SSSR count). The minimum absolute atomic E-state index is 0.125. The van der Waals surface area contributed by atoms with E-state index < -0.39 is 0 Å². The SMILES string of the molecule is COCCOc1ccc2ncc(-c3cccc(OF)c3)n2n1. The number of halogens is 1. The van der Waals surface area contributed by atoms with Crippen LogP contribution in [0.2, 0.25) is 0 Å². The van der Waals surface area contributed by atoms with Gasteiger partial charge in [0.2, 0.25) is 5.88 Å². The molecule has 0 bridgehead atoms. The van der Waals surface area contributed by atoms with Gasteiger partial charge in [0.05, 0.1) is 18.5 Å². The van der Waals surface area contributed by atoms with Crippen molar-refractivity contribution in [2.45, 2.75) is 0 Å². The molecule has 0 radical (unpaired) electrons. The number of hydrogen-bond donors (Lipinski definition) is 0. The van der Waals surface area contributed by atoms with E-state index in [0.717, 1.165) is 5.56 Å². The number of hydrogen-bond acceptors (Lipinski definition) is 5. The van der Waals surface area contributed by atoms with Gasteiger partial charge in [-0.05, 0) is 18.2 Å². The van der Waals surface area contributed by atoms with Crippen LogP contribution in [0.4, 0.5) is 4.53 Å². The quantitative estimate of drug-likeness (QED) is 0.655. The van der Waals surface area contributed by atoms with E-state index in [2.05, 4.69) is 15.0 Å². The number of aromatic nitrogens is 3. The van der Waals surface area contributed by atoms with Crippen molar-refractivity contribution in [3.8, 4) is 22.9 Å². The Morgan fingerprint density at radius 2 is 2.09 bits per heavy atom. The van der Waals surface area contributed by atoms with Crippen LogP contribution < -0.4 is 9.68 Å². The van der Waals surface area contributed by atoms with Crippen LogP contribution in [0, 0.1) is 0 Å². The summed E-state index contributed by atoms with van der Waals surface area (Å²) in [6.07, 6.45) is 1.67. The fraction of sp³-hybridized carbons (Fsp3) is 0.200. The lowest BCUT2D eigenvalue weighted by atomic mass is 10.1. The fourth-order valence-electron chi connectivity index (χ4n) is 2.06. The van der Waals surface area contributed by atoms with Crippen LogP contribution in [0.3, 0.4) is 0 Å². The van der Waals surface area contributed by atoms with Gasteiger partial charge >= 0.3 is 0 Å².